The lowest BCUT2D eigenvalue weighted by atomic mass is 9.51. The molecule has 0 spiro atoms. The van der Waals surface area contributed by atoms with E-state index in [-0.39, 0.29) is 0 Å². The monoisotopic (exact) mass is 206 g/mol. The Kier molecular flexibility index (Phi) is 1.91. The molecule has 86 valence electrons. The molecule has 4 unspecified atom stereocenters. The predicted molar refractivity (Wildman–Crippen MR) is 64.6 cm³/mol. The Hall–Kier alpha value is 0. The van der Waals surface area contributed by atoms with Crippen molar-refractivity contribution in [2.75, 3.05) is 0 Å². The van der Waals surface area contributed by atoms with E-state index in [0.717, 1.165) is 34.5 Å². The van der Waals surface area contributed by atoms with Gasteiger partial charge in [0.25, 0.3) is 0 Å². The van der Waals surface area contributed by atoms with Gasteiger partial charge in [0.1, 0.15) is 0 Å². The normalized spacial score (nSPS) is 57.8. The van der Waals surface area contributed by atoms with Crippen molar-refractivity contribution < 1.29 is 0 Å². The summed E-state index contributed by atoms with van der Waals surface area (Å²) in [5.41, 5.74) is 1.45. The maximum absolute atomic E-state index is 2.60. The van der Waals surface area contributed by atoms with Crippen molar-refractivity contribution in [1.29, 1.82) is 0 Å². The highest BCUT2D eigenvalue weighted by atomic mass is 14.7. The first-order valence-corrected chi connectivity index (χ1v) is 6.94. The Balaban J connectivity index is 1.96. The molecule has 4 bridgehead atoms. The molecule has 4 rings (SSSR count). The summed E-state index contributed by atoms with van der Waals surface area (Å²) < 4.78 is 0. The Bertz CT molecular complexity index is 280. The first-order chi connectivity index (χ1) is 6.94. The zero-order valence-corrected chi connectivity index (χ0v) is 10.8. The zero-order valence-electron chi connectivity index (χ0n) is 10.8. The van der Waals surface area contributed by atoms with Gasteiger partial charge in [-0.3, -0.25) is 0 Å². The Morgan fingerprint density at radius 1 is 1.13 bits per heavy atom. The van der Waals surface area contributed by atoms with Crippen LogP contribution in [-0.2, 0) is 0 Å². The third kappa shape index (κ3) is 1.26. The molecule has 0 nitrogen and oxygen atoms in total. The van der Waals surface area contributed by atoms with E-state index in [1.807, 2.05) is 0 Å². The summed E-state index contributed by atoms with van der Waals surface area (Å²) in [6.45, 7) is 10.1. The van der Waals surface area contributed by atoms with Gasteiger partial charge in [0, 0.05) is 0 Å². The highest BCUT2D eigenvalue weighted by Gasteiger charge is 2.61. The molecular formula is C15H26. The van der Waals surface area contributed by atoms with Crippen molar-refractivity contribution in [2.45, 2.75) is 59.8 Å². The van der Waals surface area contributed by atoms with Crippen LogP contribution in [0.15, 0.2) is 0 Å². The average Bonchev–Trinajstić information content (AvgIpc) is 2.33. The van der Waals surface area contributed by atoms with E-state index in [1.165, 1.54) is 19.3 Å². The maximum atomic E-state index is 2.60. The number of fused-ring (bicyclic) bond motifs is 1. The largest absolute Gasteiger partial charge is 0.0625 e. The average molecular weight is 206 g/mol. The number of rotatable bonds is 1. The van der Waals surface area contributed by atoms with Crippen molar-refractivity contribution in [2.24, 2.45) is 34.5 Å². The van der Waals surface area contributed by atoms with Crippen molar-refractivity contribution in [1.82, 2.24) is 0 Å². The fraction of sp³-hybridized carbons (Fsp3) is 1.00. The van der Waals surface area contributed by atoms with E-state index in [1.54, 1.807) is 12.8 Å². The molecule has 0 heterocycles. The fourth-order valence-electron chi connectivity index (χ4n) is 5.76. The third-order valence-corrected chi connectivity index (χ3v) is 6.14. The highest BCUT2D eigenvalue weighted by Crippen LogP contribution is 2.70. The SMILES string of the molecule is CC(C)[C@@H]1CC2(C)CC3(C)CCC2C1C3. The second kappa shape index (κ2) is 2.81. The van der Waals surface area contributed by atoms with Gasteiger partial charge in [-0.15, -0.1) is 0 Å². The van der Waals surface area contributed by atoms with Crippen LogP contribution in [0.1, 0.15) is 59.8 Å². The van der Waals surface area contributed by atoms with Crippen LogP contribution in [0.4, 0.5) is 0 Å². The molecule has 0 saturated heterocycles. The summed E-state index contributed by atoms with van der Waals surface area (Å²) in [7, 11) is 0. The predicted octanol–water partition coefficient (Wildman–Crippen LogP) is 4.49. The first kappa shape index (κ1) is 10.2. The van der Waals surface area contributed by atoms with Gasteiger partial charge in [-0.1, -0.05) is 27.7 Å². The molecule has 4 aliphatic carbocycles. The summed E-state index contributed by atoms with van der Waals surface area (Å²) in [6.07, 6.45) is 7.69. The van der Waals surface area contributed by atoms with E-state index in [9.17, 15) is 0 Å². The van der Waals surface area contributed by atoms with Gasteiger partial charge in [0.05, 0.1) is 0 Å². The minimum absolute atomic E-state index is 0.720. The Labute approximate surface area is 94.8 Å². The van der Waals surface area contributed by atoms with Crippen molar-refractivity contribution in [3.8, 4) is 0 Å². The fourth-order valence-corrected chi connectivity index (χ4v) is 5.76. The lowest BCUT2D eigenvalue weighted by Gasteiger charge is -2.54. The second-order valence-corrected chi connectivity index (χ2v) is 7.77. The van der Waals surface area contributed by atoms with E-state index < -0.39 is 0 Å². The lowest BCUT2D eigenvalue weighted by Crippen LogP contribution is -2.45. The van der Waals surface area contributed by atoms with Crippen LogP contribution >= 0.6 is 0 Å². The highest BCUT2D eigenvalue weighted by molar-refractivity contribution is 5.10. The summed E-state index contributed by atoms with van der Waals surface area (Å²) in [5.74, 6) is 4.14. The summed E-state index contributed by atoms with van der Waals surface area (Å²) in [5, 5.41) is 0. The number of hydrogen-bond donors (Lipinski definition) is 0. The van der Waals surface area contributed by atoms with E-state index >= 15 is 0 Å². The molecule has 0 heteroatoms. The summed E-state index contributed by atoms with van der Waals surface area (Å²) in [4.78, 5) is 0. The molecule has 15 heavy (non-hydrogen) atoms. The van der Waals surface area contributed by atoms with Crippen LogP contribution in [0.25, 0.3) is 0 Å². The third-order valence-electron chi connectivity index (χ3n) is 6.14. The second-order valence-electron chi connectivity index (χ2n) is 7.77. The van der Waals surface area contributed by atoms with Crippen LogP contribution in [-0.4, -0.2) is 0 Å². The maximum Gasteiger partial charge on any atom is -0.0287 e. The minimum Gasteiger partial charge on any atom is -0.0625 e. The van der Waals surface area contributed by atoms with Crippen LogP contribution in [0.2, 0.25) is 0 Å². The van der Waals surface area contributed by atoms with Gasteiger partial charge in [-0.05, 0) is 66.6 Å². The van der Waals surface area contributed by atoms with Crippen LogP contribution in [0.5, 0.6) is 0 Å². The van der Waals surface area contributed by atoms with Gasteiger partial charge in [0.2, 0.25) is 0 Å². The smallest absolute Gasteiger partial charge is 0.0287 e. The van der Waals surface area contributed by atoms with Gasteiger partial charge in [-0.2, -0.15) is 0 Å². The Morgan fingerprint density at radius 3 is 2.47 bits per heavy atom. The van der Waals surface area contributed by atoms with Crippen LogP contribution < -0.4 is 0 Å². The van der Waals surface area contributed by atoms with E-state index in [2.05, 4.69) is 27.7 Å². The number of hydrogen-bond acceptors (Lipinski definition) is 0. The molecule has 4 fully saturated rings. The molecule has 4 saturated carbocycles. The standard InChI is InChI=1S/C15H26/c1-10(2)11-8-15(4)9-14(3)6-5-13(15)12(11)7-14/h10-13H,5-9H2,1-4H3/t11-,12?,13?,14?,15?/m0/s1. The van der Waals surface area contributed by atoms with Crippen molar-refractivity contribution in [3.63, 3.8) is 0 Å². The Morgan fingerprint density at radius 2 is 1.87 bits per heavy atom. The molecule has 5 atom stereocenters. The van der Waals surface area contributed by atoms with E-state index in [0.29, 0.717) is 0 Å². The summed E-state index contributed by atoms with van der Waals surface area (Å²) >= 11 is 0. The lowest BCUT2D eigenvalue weighted by molar-refractivity contribution is -0.0442. The molecule has 0 aromatic carbocycles. The molecule has 0 radical (unpaired) electrons. The molecule has 4 aliphatic rings. The molecule has 0 amide bonds. The molecule has 0 aromatic heterocycles. The molecular weight excluding hydrogens is 180 g/mol. The molecule has 0 aliphatic heterocycles. The summed E-state index contributed by atoms with van der Waals surface area (Å²) in [6, 6.07) is 0. The van der Waals surface area contributed by atoms with Crippen molar-refractivity contribution >= 4 is 0 Å². The van der Waals surface area contributed by atoms with Gasteiger partial charge in [0.15, 0.2) is 0 Å². The molecule has 0 aromatic rings. The van der Waals surface area contributed by atoms with Gasteiger partial charge < -0.3 is 0 Å². The molecule has 0 N–H and O–H groups in total. The van der Waals surface area contributed by atoms with Crippen LogP contribution in [0.3, 0.4) is 0 Å². The quantitative estimate of drug-likeness (QED) is 0.593. The minimum atomic E-state index is 0.720. The van der Waals surface area contributed by atoms with Crippen LogP contribution in [0, 0.1) is 34.5 Å². The first-order valence-electron chi connectivity index (χ1n) is 6.94. The van der Waals surface area contributed by atoms with E-state index in [4.69, 9.17) is 0 Å². The van der Waals surface area contributed by atoms with Crippen molar-refractivity contribution in [3.05, 3.63) is 0 Å². The van der Waals surface area contributed by atoms with Gasteiger partial charge in [-0.25, -0.2) is 0 Å². The topological polar surface area (TPSA) is 0 Å². The van der Waals surface area contributed by atoms with Gasteiger partial charge >= 0.3 is 0 Å². The zero-order chi connectivity index (χ0) is 10.8.